The number of carbonyl (C=O) groups is 1. The van der Waals surface area contributed by atoms with Crippen molar-refractivity contribution in [2.75, 3.05) is 11.9 Å². The number of aromatic amines is 1. The van der Waals surface area contributed by atoms with Crippen LogP contribution in [0.4, 0.5) is 10.2 Å². The monoisotopic (exact) mass is 284 g/mol. The number of nitrogens with zero attached hydrogens (tertiary/aromatic N) is 1. The van der Waals surface area contributed by atoms with Gasteiger partial charge >= 0.3 is 0 Å². The summed E-state index contributed by atoms with van der Waals surface area (Å²) < 4.78 is 13.2. The van der Waals surface area contributed by atoms with Crippen molar-refractivity contribution in [3.8, 4) is 11.1 Å². The van der Waals surface area contributed by atoms with E-state index in [0.717, 1.165) is 22.0 Å². The van der Waals surface area contributed by atoms with Gasteiger partial charge in [-0.1, -0.05) is 0 Å². The molecule has 0 bridgehead atoms. The topological polar surface area (TPSA) is 83.8 Å². The molecule has 2 aromatic heterocycles. The van der Waals surface area contributed by atoms with Gasteiger partial charge in [-0.25, -0.2) is 9.37 Å². The Morgan fingerprint density at radius 2 is 2.19 bits per heavy atom. The molecule has 5 nitrogen and oxygen atoms in total. The standard InChI is InChI=1S/C15H13FN4O/c16-10-2-3-11-12(7-18-13(11)5-10)9-1-4-15(19-6-9)20-8-14(17)21/h1-7,18H,8H2,(H2,17,21)(H,19,20). The smallest absolute Gasteiger partial charge is 0.236 e. The van der Waals surface area contributed by atoms with Crippen molar-refractivity contribution >= 4 is 22.6 Å². The number of nitrogens with one attached hydrogen (secondary N) is 2. The number of H-pyrrole nitrogens is 1. The van der Waals surface area contributed by atoms with Crippen LogP contribution in [0, 0.1) is 5.82 Å². The molecule has 1 aromatic carbocycles. The number of carbonyl (C=O) groups excluding carboxylic acids is 1. The summed E-state index contributed by atoms with van der Waals surface area (Å²) in [4.78, 5) is 18.0. The summed E-state index contributed by atoms with van der Waals surface area (Å²) in [7, 11) is 0. The first-order chi connectivity index (χ1) is 10.1. The molecular weight excluding hydrogens is 271 g/mol. The second-order valence-corrected chi connectivity index (χ2v) is 4.64. The fourth-order valence-electron chi connectivity index (χ4n) is 2.17. The van der Waals surface area contributed by atoms with Crippen LogP contribution in [-0.4, -0.2) is 22.4 Å². The average Bonchev–Trinajstić information content (AvgIpc) is 2.88. The summed E-state index contributed by atoms with van der Waals surface area (Å²) in [6.45, 7) is 0.0404. The maximum Gasteiger partial charge on any atom is 0.236 e. The van der Waals surface area contributed by atoms with Crippen molar-refractivity contribution in [3.05, 3.63) is 48.5 Å². The van der Waals surface area contributed by atoms with E-state index in [1.165, 1.54) is 12.1 Å². The van der Waals surface area contributed by atoms with E-state index >= 15 is 0 Å². The van der Waals surface area contributed by atoms with Crippen molar-refractivity contribution in [3.63, 3.8) is 0 Å². The predicted octanol–water partition coefficient (Wildman–Crippen LogP) is 2.27. The molecule has 0 radical (unpaired) electrons. The van der Waals surface area contributed by atoms with Gasteiger partial charge in [0.2, 0.25) is 5.91 Å². The molecule has 21 heavy (non-hydrogen) atoms. The van der Waals surface area contributed by atoms with Gasteiger partial charge in [0.05, 0.1) is 6.54 Å². The third kappa shape index (κ3) is 2.69. The molecule has 4 N–H and O–H groups in total. The fourth-order valence-corrected chi connectivity index (χ4v) is 2.17. The van der Waals surface area contributed by atoms with Crippen LogP contribution in [0.3, 0.4) is 0 Å². The zero-order valence-corrected chi connectivity index (χ0v) is 11.1. The summed E-state index contributed by atoms with van der Waals surface area (Å²) in [6, 6.07) is 8.25. The number of hydrogen-bond acceptors (Lipinski definition) is 3. The Morgan fingerprint density at radius 1 is 1.33 bits per heavy atom. The third-order valence-electron chi connectivity index (χ3n) is 3.16. The van der Waals surface area contributed by atoms with Gasteiger partial charge in [0, 0.05) is 34.4 Å². The minimum absolute atomic E-state index is 0.0404. The number of benzene rings is 1. The number of hydrogen-bond donors (Lipinski definition) is 3. The van der Waals surface area contributed by atoms with E-state index < -0.39 is 5.91 Å². The molecule has 0 saturated heterocycles. The summed E-state index contributed by atoms with van der Waals surface area (Å²) in [5.74, 6) is -0.150. The molecule has 0 aliphatic rings. The van der Waals surface area contributed by atoms with Crippen molar-refractivity contribution in [1.82, 2.24) is 9.97 Å². The van der Waals surface area contributed by atoms with Crippen molar-refractivity contribution in [2.45, 2.75) is 0 Å². The van der Waals surface area contributed by atoms with Gasteiger partial charge in [-0.05, 0) is 30.3 Å². The number of aromatic nitrogens is 2. The van der Waals surface area contributed by atoms with Gasteiger partial charge in [-0.15, -0.1) is 0 Å². The van der Waals surface area contributed by atoms with Crippen LogP contribution < -0.4 is 11.1 Å². The first-order valence-electron chi connectivity index (χ1n) is 6.39. The lowest BCUT2D eigenvalue weighted by Crippen LogP contribution is -2.22. The SMILES string of the molecule is NC(=O)CNc1ccc(-c2c[nH]c3cc(F)ccc23)cn1. The second kappa shape index (κ2) is 5.24. The van der Waals surface area contributed by atoms with Crippen LogP contribution >= 0.6 is 0 Å². The zero-order valence-electron chi connectivity index (χ0n) is 11.1. The quantitative estimate of drug-likeness (QED) is 0.687. The average molecular weight is 284 g/mol. The van der Waals surface area contributed by atoms with E-state index in [9.17, 15) is 9.18 Å². The molecule has 0 saturated carbocycles. The molecule has 2 heterocycles. The van der Waals surface area contributed by atoms with Gasteiger partial charge in [0.25, 0.3) is 0 Å². The summed E-state index contributed by atoms with van der Waals surface area (Å²) in [5, 5.41) is 3.75. The minimum Gasteiger partial charge on any atom is -0.368 e. The van der Waals surface area contributed by atoms with Crippen molar-refractivity contribution < 1.29 is 9.18 Å². The number of nitrogens with two attached hydrogens (primary N) is 1. The molecule has 3 aromatic rings. The molecule has 0 fully saturated rings. The van der Waals surface area contributed by atoms with E-state index in [0.29, 0.717) is 5.82 Å². The Bertz CT molecular complexity index is 795. The maximum atomic E-state index is 13.2. The fraction of sp³-hybridized carbons (Fsp3) is 0.0667. The highest BCUT2D eigenvalue weighted by atomic mass is 19.1. The molecule has 0 aliphatic carbocycles. The van der Waals surface area contributed by atoms with Crippen LogP contribution in [0.2, 0.25) is 0 Å². The van der Waals surface area contributed by atoms with Crippen LogP contribution in [0.15, 0.2) is 42.7 Å². The summed E-state index contributed by atoms with van der Waals surface area (Å²) in [6.07, 6.45) is 3.51. The largest absolute Gasteiger partial charge is 0.368 e. The highest BCUT2D eigenvalue weighted by molar-refractivity contribution is 5.95. The lowest BCUT2D eigenvalue weighted by molar-refractivity contribution is -0.116. The van der Waals surface area contributed by atoms with E-state index in [4.69, 9.17) is 5.73 Å². The van der Waals surface area contributed by atoms with Crippen LogP contribution in [0.25, 0.3) is 22.0 Å². The molecule has 0 atom stereocenters. The number of pyridine rings is 1. The Hall–Kier alpha value is -2.89. The third-order valence-corrected chi connectivity index (χ3v) is 3.16. The van der Waals surface area contributed by atoms with Gasteiger partial charge in [-0.2, -0.15) is 0 Å². The Balaban J connectivity index is 1.90. The van der Waals surface area contributed by atoms with Crippen molar-refractivity contribution in [1.29, 1.82) is 0 Å². The number of amides is 1. The lowest BCUT2D eigenvalue weighted by atomic mass is 10.1. The van der Waals surface area contributed by atoms with Crippen LogP contribution in [0.5, 0.6) is 0 Å². The normalized spacial score (nSPS) is 10.7. The molecule has 0 spiro atoms. The maximum absolute atomic E-state index is 13.2. The van der Waals surface area contributed by atoms with Crippen LogP contribution in [-0.2, 0) is 4.79 Å². The van der Waals surface area contributed by atoms with E-state index in [-0.39, 0.29) is 12.4 Å². The first-order valence-corrected chi connectivity index (χ1v) is 6.39. The number of rotatable bonds is 4. The zero-order chi connectivity index (χ0) is 14.8. The van der Waals surface area contributed by atoms with Gasteiger partial charge < -0.3 is 16.0 Å². The van der Waals surface area contributed by atoms with E-state index in [2.05, 4.69) is 15.3 Å². The number of halogens is 1. The van der Waals surface area contributed by atoms with Crippen LogP contribution in [0.1, 0.15) is 0 Å². The Morgan fingerprint density at radius 3 is 2.90 bits per heavy atom. The van der Waals surface area contributed by atoms with Gasteiger partial charge in [-0.3, -0.25) is 4.79 Å². The number of primary amides is 1. The number of fused-ring (bicyclic) bond motifs is 1. The van der Waals surface area contributed by atoms with Gasteiger partial charge in [0.15, 0.2) is 0 Å². The summed E-state index contributed by atoms with van der Waals surface area (Å²) in [5.41, 5.74) is 7.64. The van der Waals surface area contributed by atoms with E-state index in [1.807, 2.05) is 12.3 Å². The van der Waals surface area contributed by atoms with Crippen molar-refractivity contribution in [2.24, 2.45) is 5.73 Å². The molecule has 106 valence electrons. The Kier molecular flexibility index (Phi) is 3.27. The predicted molar refractivity (Wildman–Crippen MR) is 79.2 cm³/mol. The van der Waals surface area contributed by atoms with Gasteiger partial charge in [0.1, 0.15) is 11.6 Å². The van der Waals surface area contributed by atoms with E-state index in [1.54, 1.807) is 18.3 Å². The highest BCUT2D eigenvalue weighted by Crippen LogP contribution is 2.28. The molecule has 0 unspecified atom stereocenters. The molecular formula is C15H13FN4O. The summed E-state index contributed by atoms with van der Waals surface area (Å²) >= 11 is 0. The molecule has 3 rings (SSSR count). The molecule has 1 amide bonds. The lowest BCUT2D eigenvalue weighted by Gasteiger charge is -2.04. The second-order valence-electron chi connectivity index (χ2n) is 4.64. The number of anilines is 1. The Labute approximate surface area is 120 Å². The first kappa shape index (κ1) is 13.1. The molecule has 6 heteroatoms. The molecule has 0 aliphatic heterocycles. The highest BCUT2D eigenvalue weighted by Gasteiger charge is 2.07. The minimum atomic E-state index is -0.445.